The number of hydrogen-bond donors (Lipinski definition) is 2. The van der Waals surface area contributed by atoms with Gasteiger partial charge in [0.1, 0.15) is 11.5 Å². The van der Waals surface area contributed by atoms with Crippen molar-refractivity contribution in [3.63, 3.8) is 0 Å². The van der Waals surface area contributed by atoms with E-state index < -0.39 is 5.60 Å². The van der Waals surface area contributed by atoms with Gasteiger partial charge in [0.15, 0.2) is 0 Å². The van der Waals surface area contributed by atoms with Crippen LogP contribution in [0.4, 0.5) is 5.82 Å². The number of aromatic nitrogens is 2. The number of nitrogens with one attached hydrogen (secondary N) is 2. The Bertz CT molecular complexity index is 393. The molecular formula is C11H18N4O2. The second kappa shape index (κ2) is 5.58. The molecule has 0 spiro atoms. The number of carbonyl (C=O) groups excluding carboxylic acids is 1. The third kappa shape index (κ3) is 3.99. The van der Waals surface area contributed by atoms with Gasteiger partial charge in [0.2, 0.25) is 0 Å². The molecule has 0 radical (unpaired) electrons. The first-order valence-corrected chi connectivity index (χ1v) is 5.31. The van der Waals surface area contributed by atoms with Gasteiger partial charge in [-0.25, -0.2) is 4.98 Å². The number of ether oxygens (including phenoxy) is 1. The molecule has 94 valence electrons. The van der Waals surface area contributed by atoms with E-state index in [1.807, 2.05) is 13.8 Å². The lowest BCUT2D eigenvalue weighted by Gasteiger charge is -2.22. The Kier molecular flexibility index (Phi) is 4.39. The van der Waals surface area contributed by atoms with E-state index in [2.05, 4.69) is 20.6 Å². The fourth-order valence-electron chi connectivity index (χ4n) is 1.05. The Morgan fingerprint density at radius 3 is 2.76 bits per heavy atom. The molecule has 0 saturated carbocycles. The molecule has 1 amide bonds. The first-order chi connectivity index (χ1) is 7.98. The second-order valence-corrected chi connectivity index (χ2v) is 4.19. The SMILES string of the molecule is CNc1cncc(C(=O)NCC(C)(C)OC)n1. The van der Waals surface area contributed by atoms with E-state index in [9.17, 15) is 4.79 Å². The fourth-order valence-corrected chi connectivity index (χ4v) is 1.05. The van der Waals surface area contributed by atoms with Crippen molar-refractivity contribution >= 4 is 11.7 Å². The second-order valence-electron chi connectivity index (χ2n) is 4.19. The Morgan fingerprint density at radius 1 is 1.47 bits per heavy atom. The molecule has 6 heteroatoms. The van der Waals surface area contributed by atoms with Gasteiger partial charge in [0.05, 0.1) is 18.0 Å². The number of anilines is 1. The van der Waals surface area contributed by atoms with Gasteiger partial charge in [-0.1, -0.05) is 0 Å². The maximum atomic E-state index is 11.8. The molecule has 0 saturated heterocycles. The van der Waals surface area contributed by atoms with Crippen molar-refractivity contribution in [1.29, 1.82) is 0 Å². The van der Waals surface area contributed by atoms with E-state index in [0.29, 0.717) is 12.4 Å². The maximum Gasteiger partial charge on any atom is 0.271 e. The van der Waals surface area contributed by atoms with Crippen molar-refractivity contribution in [2.24, 2.45) is 0 Å². The molecular weight excluding hydrogens is 220 g/mol. The molecule has 2 N–H and O–H groups in total. The van der Waals surface area contributed by atoms with Crippen molar-refractivity contribution in [3.05, 3.63) is 18.1 Å². The molecule has 0 fully saturated rings. The predicted molar refractivity (Wildman–Crippen MR) is 65.0 cm³/mol. The van der Waals surface area contributed by atoms with Crippen LogP contribution in [0.2, 0.25) is 0 Å². The van der Waals surface area contributed by atoms with Gasteiger partial charge < -0.3 is 15.4 Å². The fraction of sp³-hybridized carbons (Fsp3) is 0.545. The van der Waals surface area contributed by atoms with Crippen LogP contribution in [0.25, 0.3) is 0 Å². The summed E-state index contributed by atoms with van der Waals surface area (Å²) < 4.78 is 5.21. The van der Waals surface area contributed by atoms with E-state index in [1.54, 1.807) is 20.4 Å². The van der Waals surface area contributed by atoms with Crippen LogP contribution >= 0.6 is 0 Å². The van der Waals surface area contributed by atoms with E-state index >= 15 is 0 Å². The third-order valence-corrected chi connectivity index (χ3v) is 2.35. The third-order valence-electron chi connectivity index (χ3n) is 2.35. The quantitative estimate of drug-likeness (QED) is 0.788. The highest BCUT2D eigenvalue weighted by Crippen LogP contribution is 2.06. The summed E-state index contributed by atoms with van der Waals surface area (Å²) in [5, 5.41) is 5.57. The molecule has 0 bridgehead atoms. The summed E-state index contributed by atoms with van der Waals surface area (Å²) in [5.74, 6) is 0.295. The highest BCUT2D eigenvalue weighted by molar-refractivity contribution is 5.92. The molecule has 0 aliphatic heterocycles. The van der Waals surface area contributed by atoms with E-state index in [1.165, 1.54) is 6.20 Å². The largest absolute Gasteiger partial charge is 0.377 e. The summed E-state index contributed by atoms with van der Waals surface area (Å²) in [6.07, 6.45) is 2.98. The number of methoxy groups -OCH3 is 1. The van der Waals surface area contributed by atoms with Crippen LogP contribution in [-0.4, -0.2) is 42.2 Å². The molecule has 0 unspecified atom stereocenters. The Morgan fingerprint density at radius 2 is 2.18 bits per heavy atom. The zero-order valence-corrected chi connectivity index (χ0v) is 10.6. The summed E-state index contributed by atoms with van der Waals surface area (Å²) in [6.45, 7) is 4.19. The minimum Gasteiger partial charge on any atom is -0.377 e. The van der Waals surface area contributed by atoms with Crippen LogP contribution in [0, 0.1) is 0 Å². The Hall–Kier alpha value is -1.69. The molecule has 17 heavy (non-hydrogen) atoms. The van der Waals surface area contributed by atoms with E-state index in [4.69, 9.17) is 4.74 Å². The molecule has 0 aromatic carbocycles. The lowest BCUT2D eigenvalue weighted by molar-refractivity contribution is 0.0228. The predicted octanol–water partition coefficient (Wildman–Crippen LogP) is 0.673. The summed E-state index contributed by atoms with van der Waals surface area (Å²) in [6, 6.07) is 0. The lowest BCUT2D eigenvalue weighted by Crippen LogP contribution is -2.40. The minimum atomic E-state index is -0.399. The van der Waals surface area contributed by atoms with Gasteiger partial charge in [-0.05, 0) is 13.8 Å². The molecule has 0 aliphatic carbocycles. The zero-order valence-electron chi connectivity index (χ0n) is 10.6. The average molecular weight is 238 g/mol. The van der Waals surface area contributed by atoms with Gasteiger partial charge in [-0.2, -0.15) is 0 Å². The first kappa shape index (κ1) is 13.4. The van der Waals surface area contributed by atoms with Crippen molar-refractivity contribution in [2.45, 2.75) is 19.4 Å². The van der Waals surface area contributed by atoms with Gasteiger partial charge in [-0.3, -0.25) is 9.78 Å². The first-order valence-electron chi connectivity index (χ1n) is 5.31. The molecule has 0 aliphatic rings. The van der Waals surface area contributed by atoms with Crippen LogP contribution in [0.5, 0.6) is 0 Å². The van der Waals surface area contributed by atoms with Crippen molar-refractivity contribution in [3.8, 4) is 0 Å². The molecule has 1 heterocycles. The number of hydrogen-bond acceptors (Lipinski definition) is 5. The summed E-state index contributed by atoms with van der Waals surface area (Å²) in [5.41, 5.74) is -0.118. The van der Waals surface area contributed by atoms with Crippen molar-refractivity contribution < 1.29 is 9.53 Å². The maximum absolute atomic E-state index is 11.8. The van der Waals surface area contributed by atoms with Crippen LogP contribution in [0.3, 0.4) is 0 Å². The normalized spacial score (nSPS) is 11.1. The van der Waals surface area contributed by atoms with Crippen molar-refractivity contribution in [2.75, 3.05) is 26.0 Å². The van der Waals surface area contributed by atoms with Crippen LogP contribution in [0.1, 0.15) is 24.3 Å². The summed E-state index contributed by atoms with van der Waals surface area (Å²) in [7, 11) is 3.33. The van der Waals surface area contributed by atoms with Crippen LogP contribution < -0.4 is 10.6 Å². The Balaban J connectivity index is 2.64. The Labute approximate surface area is 101 Å². The zero-order chi connectivity index (χ0) is 12.9. The highest BCUT2D eigenvalue weighted by atomic mass is 16.5. The van der Waals surface area contributed by atoms with Crippen LogP contribution in [0.15, 0.2) is 12.4 Å². The standard InChI is InChI=1S/C11H18N4O2/c1-11(2,17-4)7-14-10(16)8-5-13-6-9(12-3)15-8/h5-6H,7H2,1-4H3,(H,12,15)(H,14,16). The average Bonchev–Trinajstić information content (AvgIpc) is 2.36. The molecule has 1 aromatic rings. The highest BCUT2D eigenvalue weighted by Gasteiger charge is 2.18. The van der Waals surface area contributed by atoms with Gasteiger partial charge in [0, 0.05) is 20.7 Å². The number of carbonyl (C=O) groups is 1. The number of nitrogens with zero attached hydrogens (tertiary/aromatic N) is 2. The molecule has 1 rings (SSSR count). The smallest absolute Gasteiger partial charge is 0.271 e. The van der Waals surface area contributed by atoms with Gasteiger partial charge in [0.25, 0.3) is 5.91 Å². The topological polar surface area (TPSA) is 76.1 Å². The van der Waals surface area contributed by atoms with Crippen LogP contribution in [-0.2, 0) is 4.74 Å². The molecule has 0 atom stereocenters. The van der Waals surface area contributed by atoms with Gasteiger partial charge >= 0.3 is 0 Å². The van der Waals surface area contributed by atoms with E-state index in [-0.39, 0.29) is 11.6 Å². The molecule has 1 aromatic heterocycles. The molecule has 6 nitrogen and oxygen atoms in total. The summed E-state index contributed by atoms with van der Waals surface area (Å²) in [4.78, 5) is 19.8. The van der Waals surface area contributed by atoms with Crippen molar-refractivity contribution in [1.82, 2.24) is 15.3 Å². The lowest BCUT2D eigenvalue weighted by atomic mass is 10.1. The summed E-state index contributed by atoms with van der Waals surface area (Å²) >= 11 is 0. The van der Waals surface area contributed by atoms with E-state index in [0.717, 1.165) is 0 Å². The van der Waals surface area contributed by atoms with Gasteiger partial charge in [-0.15, -0.1) is 0 Å². The number of rotatable bonds is 5. The minimum absolute atomic E-state index is 0.264. The number of amides is 1. The monoisotopic (exact) mass is 238 g/mol.